The first-order valence-electron chi connectivity index (χ1n) is 5.73. The molecule has 102 valence electrons. The number of rotatable bonds is 5. The fourth-order valence-corrected chi connectivity index (χ4v) is 1.72. The van der Waals surface area contributed by atoms with Crippen molar-refractivity contribution in [1.82, 2.24) is 15.5 Å². The molecule has 0 aliphatic rings. The van der Waals surface area contributed by atoms with E-state index in [1.54, 1.807) is 0 Å². The second-order valence-electron chi connectivity index (χ2n) is 3.95. The molecule has 0 aliphatic carbocycles. The molecule has 1 heterocycles. The van der Waals surface area contributed by atoms with Crippen molar-refractivity contribution in [2.24, 2.45) is 0 Å². The number of aromatic nitrogens is 2. The summed E-state index contributed by atoms with van der Waals surface area (Å²) in [7, 11) is 1.84. The highest BCUT2D eigenvalue weighted by molar-refractivity contribution is 6.30. The van der Waals surface area contributed by atoms with Crippen LogP contribution < -0.4 is 5.32 Å². The quantitative estimate of drug-likeness (QED) is 0.679. The molecule has 0 unspecified atom stereocenters. The normalized spacial score (nSPS) is 10.9. The van der Waals surface area contributed by atoms with E-state index in [1.807, 2.05) is 7.05 Å². The molecule has 4 nitrogen and oxygen atoms in total. The first-order valence-corrected chi connectivity index (χ1v) is 6.11. The van der Waals surface area contributed by atoms with Gasteiger partial charge in [0.1, 0.15) is 11.6 Å². The molecule has 0 fully saturated rings. The van der Waals surface area contributed by atoms with Gasteiger partial charge in [0.25, 0.3) is 5.89 Å². The van der Waals surface area contributed by atoms with Gasteiger partial charge in [-0.3, -0.25) is 0 Å². The van der Waals surface area contributed by atoms with Crippen LogP contribution in [0.3, 0.4) is 0 Å². The Labute approximate surface area is 113 Å². The molecule has 0 bridgehead atoms. The van der Waals surface area contributed by atoms with Gasteiger partial charge < -0.3 is 9.73 Å². The Morgan fingerprint density at radius 1 is 1.26 bits per heavy atom. The van der Waals surface area contributed by atoms with E-state index in [0.29, 0.717) is 12.3 Å². The van der Waals surface area contributed by atoms with Crippen molar-refractivity contribution in [2.75, 3.05) is 13.6 Å². The molecule has 0 aliphatic heterocycles. The average Bonchev–Trinajstić information content (AvgIpc) is 2.83. The van der Waals surface area contributed by atoms with Crippen LogP contribution in [0.2, 0.25) is 5.02 Å². The lowest BCUT2D eigenvalue weighted by Crippen LogP contribution is -2.08. The van der Waals surface area contributed by atoms with Gasteiger partial charge >= 0.3 is 0 Å². The Morgan fingerprint density at radius 3 is 2.79 bits per heavy atom. The van der Waals surface area contributed by atoms with Crippen LogP contribution in [0.4, 0.5) is 8.78 Å². The van der Waals surface area contributed by atoms with Crippen LogP contribution in [0.25, 0.3) is 11.5 Å². The van der Waals surface area contributed by atoms with Crippen LogP contribution in [0.5, 0.6) is 0 Å². The molecule has 0 amide bonds. The third-order valence-corrected chi connectivity index (χ3v) is 2.81. The maximum absolute atomic E-state index is 13.6. The molecule has 1 aromatic carbocycles. The van der Waals surface area contributed by atoms with Crippen LogP contribution in [0, 0.1) is 11.6 Å². The highest BCUT2D eigenvalue weighted by atomic mass is 35.5. The second kappa shape index (κ2) is 6.08. The van der Waals surface area contributed by atoms with E-state index in [4.69, 9.17) is 16.0 Å². The van der Waals surface area contributed by atoms with Crippen molar-refractivity contribution in [3.63, 3.8) is 0 Å². The molecule has 2 rings (SSSR count). The molecule has 7 heteroatoms. The van der Waals surface area contributed by atoms with Crippen LogP contribution in [0.15, 0.2) is 16.5 Å². The van der Waals surface area contributed by atoms with Gasteiger partial charge in [0.2, 0.25) is 5.89 Å². The molecule has 0 atom stereocenters. The van der Waals surface area contributed by atoms with E-state index < -0.39 is 11.6 Å². The van der Waals surface area contributed by atoms with Crippen LogP contribution in [-0.2, 0) is 6.42 Å². The van der Waals surface area contributed by atoms with E-state index in [1.165, 1.54) is 0 Å². The molecule has 1 aromatic heterocycles. The zero-order chi connectivity index (χ0) is 13.8. The molecule has 0 spiro atoms. The Kier molecular flexibility index (Phi) is 4.44. The van der Waals surface area contributed by atoms with Gasteiger partial charge in [0.05, 0.1) is 10.6 Å². The lowest BCUT2D eigenvalue weighted by Gasteiger charge is -2.00. The van der Waals surface area contributed by atoms with Gasteiger partial charge in [-0.2, -0.15) is 0 Å². The van der Waals surface area contributed by atoms with Gasteiger partial charge in [-0.15, -0.1) is 10.2 Å². The monoisotopic (exact) mass is 287 g/mol. The molecule has 19 heavy (non-hydrogen) atoms. The second-order valence-corrected chi connectivity index (χ2v) is 4.36. The topological polar surface area (TPSA) is 51.0 Å². The SMILES string of the molecule is CNCCCc1nnc(-c2cc(F)c(Cl)cc2F)o1. The van der Waals surface area contributed by atoms with Crippen molar-refractivity contribution in [2.45, 2.75) is 12.8 Å². The Hall–Kier alpha value is -1.53. The molecule has 0 saturated carbocycles. The van der Waals surface area contributed by atoms with Gasteiger partial charge in [0.15, 0.2) is 0 Å². The van der Waals surface area contributed by atoms with Gasteiger partial charge in [0, 0.05) is 6.42 Å². The van der Waals surface area contributed by atoms with E-state index in [9.17, 15) is 8.78 Å². The van der Waals surface area contributed by atoms with Crippen LogP contribution in [0.1, 0.15) is 12.3 Å². The van der Waals surface area contributed by atoms with E-state index in [2.05, 4.69) is 15.5 Å². The van der Waals surface area contributed by atoms with Crippen LogP contribution >= 0.6 is 11.6 Å². The Bertz CT molecular complexity index is 574. The van der Waals surface area contributed by atoms with Crippen LogP contribution in [-0.4, -0.2) is 23.8 Å². The summed E-state index contributed by atoms with van der Waals surface area (Å²) in [5.74, 6) is -1.09. The lowest BCUT2D eigenvalue weighted by molar-refractivity contribution is 0.490. The van der Waals surface area contributed by atoms with Crippen molar-refractivity contribution < 1.29 is 13.2 Å². The number of halogens is 3. The summed E-state index contributed by atoms with van der Waals surface area (Å²) < 4.78 is 32.2. The predicted molar refractivity (Wildman–Crippen MR) is 66.9 cm³/mol. The highest BCUT2D eigenvalue weighted by Crippen LogP contribution is 2.26. The number of hydrogen-bond acceptors (Lipinski definition) is 4. The number of nitrogens with zero attached hydrogens (tertiary/aromatic N) is 2. The smallest absolute Gasteiger partial charge is 0.250 e. The Morgan fingerprint density at radius 2 is 2.05 bits per heavy atom. The van der Waals surface area contributed by atoms with Gasteiger partial charge in [-0.05, 0) is 32.1 Å². The third-order valence-electron chi connectivity index (χ3n) is 2.52. The largest absolute Gasteiger partial charge is 0.421 e. The summed E-state index contributed by atoms with van der Waals surface area (Å²) >= 11 is 5.47. The Balaban J connectivity index is 2.20. The minimum Gasteiger partial charge on any atom is -0.421 e. The molecular weight excluding hydrogens is 276 g/mol. The average molecular weight is 288 g/mol. The summed E-state index contributed by atoms with van der Waals surface area (Å²) in [6, 6.07) is 1.83. The number of nitrogens with one attached hydrogen (secondary N) is 1. The minimum atomic E-state index is -0.729. The fourth-order valence-electron chi connectivity index (χ4n) is 1.57. The molecule has 0 radical (unpaired) electrons. The van der Waals surface area contributed by atoms with Crippen molar-refractivity contribution >= 4 is 11.6 Å². The van der Waals surface area contributed by atoms with E-state index in [0.717, 1.165) is 25.1 Å². The summed E-state index contributed by atoms with van der Waals surface area (Å²) in [5.41, 5.74) is -0.0886. The number of aryl methyl sites for hydroxylation is 1. The molecular formula is C12H12ClF2N3O. The summed E-state index contributed by atoms with van der Waals surface area (Å²) in [6.07, 6.45) is 1.39. The lowest BCUT2D eigenvalue weighted by atomic mass is 10.2. The predicted octanol–water partition coefficient (Wildman–Crippen LogP) is 2.82. The zero-order valence-electron chi connectivity index (χ0n) is 10.2. The maximum Gasteiger partial charge on any atom is 0.250 e. The molecule has 2 aromatic rings. The minimum absolute atomic E-state index is 0.0486. The zero-order valence-corrected chi connectivity index (χ0v) is 11.0. The first kappa shape index (κ1) is 13.9. The van der Waals surface area contributed by atoms with Crippen molar-refractivity contribution in [3.8, 4) is 11.5 Å². The van der Waals surface area contributed by atoms with Gasteiger partial charge in [-0.25, -0.2) is 8.78 Å². The standard InChI is InChI=1S/C12H12ClF2N3O/c1-16-4-2-3-11-17-18-12(19-11)7-5-10(15)8(13)6-9(7)14/h5-6,16H,2-4H2,1H3. The number of benzene rings is 1. The van der Waals surface area contributed by atoms with Gasteiger partial charge in [-0.1, -0.05) is 11.6 Å². The first-order chi connectivity index (χ1) is 9.11. The van der Waals surface area contributed by atoms with Crippen molar-refractivity contribution in [3.05, 3.63) is 34.7 Å². The van der Waals surface area contributed by atoms with E-state index in [-0.39, 0.29) is 16.5 Å². The third kappa shape index (κ3) is 3.27. The fraction of sp³-hybridized carbons (Fsp3) is 0.333. The molecule has 1 N–H and O–H groups in total. The number of hydrogen-bond donors (Lipinski definition) is 1. The highest BCUT2D eigenvalue weighted by Gasteiger charge is 2.16. The van der Waals surface area contributed by atoms with Crippen molar-refractivity contribution in [1.29, 1.82) is 0 Å². The van der Waals surface area contributed by atoms with E-state index >= 15 is 0 Å². The summed E-state index contributed by atoms with van der Waals surface area (Å²) in [4.78, 5) is 0. The molecule has 0 saturated heterocycles. The maximum atomic E-state index is 13.6. The summed E-state index contributed by atoms with van der Waals surface area (Å²) in [6.45, 7) is 0.807. The summed E-state index contributed by atoms with van der Waals surface area (Å²) in [5, 5.41) is 10.2.